The van der Waals surface area contributed by atoms with Gasteiger partial charge in [-0.15, -0.1) is 11.3 Å². The summed E-state index contributed by atoms with van der Waals surface area (Å²) in [5.41, 5.74) is 2.57. The maximum absolute atomic E-state index is 12.4. The predicted molar refractivity (Wildman–Crippen MR) is 116 cm³/mol. The molecule has 3 aromatic rings. The van der Waals surface area contributed by atoms with Crippen molar-refractivity contribution in [3.05, 3.63) is 69.4 Å². The first-order valence-corrected chi connectivity index (χ1v) is 11.0. The van der Waals surface area contributed by atoms with E-state index < -0.39 is 0 Å². The number of aromatic nitrogens is 2. The molecule has 0 radical (unpaired) electrons. The molecule has 1 N–H and O–H groups in total. The lowest BCUT2D eigenvalue weighted by atomic mass is 10.1. The zero-order valence-electron chi connectivity index (χ0n) is 15.8. The fraction of sp³-hybridized carbons (Fsp3) is 0.190. The van der Waals surface area contributed by atoms with E-state index in [-0.39, 0.29) is 30.7 Å². The lowest BCUT2D eigenvalue weighted by Crippen LogP contribution is -2.32. The summed E-state index contributed by atoms with van der Waals surface area (Å²) < 4.78 is 0.748. The third kappa shape index (κ3) is 4.31. The van der Waals surface area contributed by atoms with Crippen molar-refractivity contribution < 1.29 is 14.4 Å². The summed E-state index contributed by atoms with van der Waals surface area (Å²) in [4.78, 5) is 46.7. The van der Waals surface area contributed by atoms with Gasteiger partial charge in [-0.3, -0.25) is 24.3 Å². The summed E-state index contributed by atoms with van der Waals surface area (Å²) in [7, 11) is 0. The van der Waals surface area contributed by atoms with Crippen LogP contribution in [0.15, 0.2) is 52.6 Å². The summed E-state index contributed by atoms with van der Waals surface area (Å²) in [6.07, 6.45) is 4.05. The van der Waals surface area contributed by atoms with Crippen LogP contribution in [0.5, 0.6) is 0 Å². The second-order valence-electron chi connectivity index (χ2n) is 6.71. The Morgan fingerprint density at radius 3 is 2.67 bits per heavy atom. The second kappa shape index (κ2) is 8.85. The summed E-state index contributed by atoms with van der Waals surface area (Å²) in [6.45, 7) is 0.543. The highest BCUT2D eigenvalue weighted by molar-refractivity contribution is 9.10. The molecule has 1 aromatic carbocycles. The number of hydrogen-bond acceptors (Lipinski definition) is 6. The molecule has 7 nitrogen and oxygen atoms in total. The molecular formula is C21H17BrN4O3S. The Hall–Kier alpha value is -2.91. The van der Waals surface area contributed by atoms with Crippen molar-refractivity contribution >= 4 is 45.0 Å². The van der Waals surface area contributed by atoms with E-state index in [9.17, 15) is 14.4 Å². The molecule has 2 aromatic heterocycles. The van der Waals surface area contributed by atoms with E-state index in [4.69, 9.17) is 0 Å². The number of hydrogen-bond donors (Lipinski definition) is 1. The van der Waals surface area contributed by atoms with Gasteiger partial charge in [0.1, 0.15) is 5.01 Å². The lowest BCUT2D eigenvalue weighted by molar-refractivity contribution is -0.121. The Kier molecular flexibility index (Phi) is 6.01. The van der Waals surface area contributed by atoms with Gasteiger partial charge in [0.25, 0.3) is 11.8 Å². The van der Waals surface area contributed by atoms with Crippen LogP contribution < -0.4 is 5.32 Å². The molecule has 3 heterocycles. The van der Waals surface area contributed by atoms with Gasteiger partial charge in [0.2, 0.25) is 5.91 Å². The molecule has 3 amide bonds. The van der Waals surface area contributed by atoms with Crippen LogP contribution in [-0.2, 0) is 11.3 Å². The third-order valence-corrected chi connectivity index (χ3v) is 6.10. The molecule has 152 valence electrons. The zero-order chi connectivity index (χ0) is 21.1. The van der Waals surface area contributed by atoms with E-state index in [1.54, 1.807) is 30.6 Å². The summed E-state index contributed by atoms with van der Waals surface area (Å²) in [5.74, 6) is -0.773. The molecule has 1 aliphatic rings. The summed E-state index contributed by atoms with van der Waals surface area (Å²) in [5, 5.41) is 5.62. The fourth-order valence-electron chi connectivity index (χ4n) is 3.16. The Morgan fingerprint density at radius 1 is 1.10 bits per heavy atom. The topological polar surface area (TPSA) is 92.3 Å². The number of pyridine rings is 1. The third-order valence-electron chi connectivity index (χ3n) is 4.66. The highest BCUT2D eigenvalue weighted by atomic mass is 79.9. The fourth-order valence-corrected chi connectivity index (χ4v) is 4.34. The minimum atomic E-state index is -0.317. The maximum atomic E-state index is 12.4. The van der Waals surface area contributed by atoms with E-state index in [0.717, 1.165) is 20.7 Å². The van der Waals surface area contributed by atoms with Crippen LogP contribution in [-0.4, -0.2) is 39.1 Å². The molecule has 0 saturated heterocycles. The summed E-state index contributed by atoms with van der Waals surface area (Å²) in [6, 6.07) is 8.80. The molecule has 30 heavy (non-hydrogen) atoms. The molecule has 0 unspecified atom stereocenters. The van der Waals surface area contributed by atoms with Crippen LogP contribution in [0.1, 0.15) is 39.3 Å². The smallest absolute Gasteiger partial charge is 0.261 e. The Labute approximate surface area is 185 Å². The van der Waals surface area contributed by atoms with Crippen molar-refractivity contribution in [2.45, 2.75) is 19.4 Å². The lowest BCUT2D eigenvalue weighted by Gasteiger charge is -2.13. The normalized spacial score (nSPS) is 12.9. The van der Waals surface area contributed by atoms with Gasteiger partial charge in [0.05, 0.1) is 23.4 Å². The van der Waals surface area contributed by atoms with Gasteiger partial charge in [-0.2, -0.15) is 0 Å². The predicted octanol–water partition coefficient (Wildman–Crippen LogP) is 3.66. The highest BCUT2D eigenvalue weighted by Crippen LogP contribution is 2.26. The first-order chi connectivity index (χ1) is 14.5. The number of carbonyl (C=O) groups is 3. The van der Waals surface area contributed by atoms with E-state index in [1.807, 2.05) is 17.5 Å². The molecule has 0 aliphatic carbocycles. The van der Waals surface area contributed by atoms with Crippen LogP contribution in [0.25, 0.3) is 10.6 Å². The van der Waals surface area contributed by atoms with Crippen LogP contribution in [0.2, 0.25) is 0 Å². The van der Waals surface area contributed by atoms with Crippen molar-refractivity contribution in [3.63, 3.8) is 0 Å². The molecule has 0 fully saturated rings. The van der Waals surface area contributed by atoms with E-state index in [0.29, 0.717) is 24.1 Å². The van der Waals surface area contributed by atoms with Gasteiger partial charge in [0, 0.05) is 40.8 Å². The minimum absolute atomic E-state index is 0.146. The first-order valence-electron chi connectivity index (χ1n) is 9.30. The molecule has 0 atom stereocenters. The minimum Gasteiger partial charge on any atom is -0.350 e. The van der Waals surface area contributed by atoms with Crippen LogP contribution >= 0.6 is 27.3 Å². The summed E-state index contributed by atoms with van der Waals surface area (Å²) >= 11 is 4.82. The Balaban J connectivity index is 1.25. The molecule has 0 saturated carbocycles. The van der Waals surface area contributed by atoms with Gasteiger partial charge in [-0.1, -0.05) is 15.9 Å². The molecule has 1 aliphatic heterocycles. The van der Waals surface area contributed by atoms with E-state index in [2.05, 4.69) is 31.2 Å². The number of nitrogens with zero attached hydrogens (tertiary/aromatic N) is 3. The van der Waals surface area contributed by atoms with Crippen LogP contribution in [0.4, 0.5) is 0 Å². The standard InChI is InChI=1S/C21H17BrN4O3S/c22-14-3-4-16-17(10-14)21(29)26(20(16)28)9-1-2-18(27)24-11-15-12-30-19(25-15)13-5-7-23-8-6-13/h3-8,10,12H,1-2,9,11H2,(H,24,27). The number of fused-ring (bicyclic) bond motifs is 1. The Bertz CT molecular complexity index is 1120. The maximum Gasteiger partial charge on any atom is 0.261 e. The number of imide groups is 1. The highest BCUT2D eigenvalue weighted by Gasteiger charge is 2.35. The number of benzene rings is 1. The quantitative estimate of drug-likeness (QED) is 0.516. The zero-order valence-corrected chi connectivity index (χ0v) is 18.2. The van der Waals surface area contributed by atoms with Gasteiger partial charge < -0.3 is 5.32 Å². The second-order valence-corrected chi connectivity index (χ2v) is 8.49. The van der Waals surface area contributed by atoms with Gasteiger partial charge in [0.15, 0.2) is 0 Å². The van der Waals surface area contributed by atoms with Crippen molar-refractivity contribution in [3.8, 4) is 10.6 Å². The monoisotopic (exact) mass is 484 g/mol. The average molecular weight is 485 g/mol. The van der Waals surface area contributed by atoms with Gasteiger partial charge in [-0.05, 0) is 36.8 Å². The van der Waals surface area contributed by atoms with Crippen molar-refractivity contribution in [2.24, 2.45) is 0 Å². The average Bonchev–Trinajstić information content (AvgIpc) is 3.32. The molecule has 9 heteroatoms. The SMILES string of the molecule is O=C(CCCN1C(=O)c2ccc(Br)cc2C1=O)NCc1csc(-c2ccncc2)n1. The molecular weight excluding hydrogens is 468 g/mol. The molecule has 4 rings (SSSR count). The largest absolute Gasteiger partial charge is 0.350 e. The van der Waals surface area contributed by atoms with E-state index in [1.165, 1.54) is 16.2 Å². The number of halogens is 1. The van der Waals surface area contributed by atoms with Gasteiger partial charge >= 0.3 is 0 Å². The van der Waals surface area contributed by atoms with Crippen molar-refractivity contribution in [1.29, 1.82) is 0 Å². The molecule has 0 spiro atoms. The van der Waals surface area contributed by atoms with Crippen molar-refractivity contribution in [1.82, 2.24) is 20.2 Å². The number of nitrogens with one attached hydrogen (secondary N) is 1. The molecule has 0 bridgehead atoms. The first kappa shape index (κ1) is 20.4. The number of rotatable bonds is 7. The number of amides is 3. The van der Waals surface area contributed by atoms with Crippen molar-refractivity contribution in [2.75, 3.05) is 6.54 Å². The number of thiazole rings is 1. The van der Waals surface area contributed by atoms with E-state index >= 15 is 0 Å². The van der Waals surface area contributed by atoms with Gasteiger partial charge in [-0.25, -0.2) is 4.98 Å². The van der Waals surface area contributed by atoms with Crippen LogP contribution in [0.3, 0.4) is 0 Å². The van der Waals surface area contributed by atoms with Crippen LogP contribution in [0, 0.1) is 0 Å². The number of carbonyl (C=O) groups excluding carboxylic acids is 3. The Morgan fingerprint density at radius 2 is 1.87 bits per heavy atom.